The van der Waals surface area contributed by atoms with Crippen molar-refractivity contribution in [2.75, 3.05) is 12.3 Å². The van der Waals surface area contributed by atoms with Crippen LogP contribution in [0.1, 0.15) is 34.1 Å². The molecule has 0 heterocycles. The van der Waals surface area contributed by atoms with Crippen LogP contribution in [0, 0.1) is 18.3 Å². The Morgan fingerprint density at radius 3 is 1.14 bits per heavy atom. The van der Waals surface area contributed by atoms with Gasteiger partial charge in [0.15, 0.2) is 0 Å². The molecule has 0 aliphatic carbocycles. The number of hydrogen-bond acceptors (Lipinski definition) is 12. The molecule has 12 nitrogen and oxygen atoms in total. The minimum Gasteiger partial charge on any atom is -0.597 e. The zero-order valence-corrected chi connectivity index (χ0v) is 40.6. The summed E-state index contributed by atoms with van der Waals surface area (Å²) >= 11 is 0. The summed E-state index contributed by atoms with van der Waals surface area (Å²) in [6, 6.07) is 0. The molecule has 0 fully saturated rings. The van der Waals surface area contributed by atoms with Gasteiger partial charge in [-0.2, -0.15) is 0 Å². The summed E-state index contributed by atoms with van der Waals surface area (Å²) in [5.41, 5.74) is 0. The average molecular weight is 696 g/mol. The Morgan fingerprint density at radius 1 is 0.838 bits per heavy atom. The molecule has 0 saturated carbocycles. The molecule has 0 N–H and O–H groups in total. The summed E-state index contributed by atoms with van der Waals surface area (Å²) in [6.45, 7) is 6.42. The molecule has 6 atom stereocenters. The van der Waals surface area contributed by atoms with Crippen molar-refractivity contribution < 1.29 is 234 Å². The molecule has 0 radical (unpaired) electrons. The van der Waals surface area contributed by atoms with Crippen molar-refractivity contribution in [3.8, 4) is 12.3 Å². The first-order valence-corrected chi connectivity index (χ1v) is 15.1. The smallest absolute Gasteiger partial charge is 0.597 e. The van der Waals surface area contributed by atoms with Gasteiger partial charge in [0.05, 0.1) is 0 Å². The third-order valence-electron chi connectivity index (χ3n) is 2.04. The van der Waals surface area contributed by atoms with Crippen LogP contribution in [0.15, 0.2) is 11.9 Å². The monoisotopic (exact) mass is 696 g/mol. The van der Waals surface area contributed by atoms with Crippen LogP contribution < -0.4 is 207 Å². The number of allylic oxidation sites excluding steroid dienone is 1. The predicted octanol–water partition coefficient (Wildman–Crippen LogP) is -17.7. The van der Waals surface area contributed by atoms with E-state index in [-0.39, 0.29) is 202 Å². The molecule has 0 bridgehead atoms. The molecule has 0 aromatic rings. The molecule has 0 rings (SSSR count). The van der Waals surface area contributed by atoms with Gasteiger partial charge in [0.25, 0.3) is 8.69 Å². The Morgan fingerprint density at radius 2 is 1.08 bits per heavy atom. The standard InChI is InChI=1S/C4H8O4P2.C3H6O4P2.C3H5O2P.C3H4.6Na.HO2P/c1-4(2-9(5)6)3-10(7)8;1-2-3(8(4)5)9(6)7;1-2-3-6(4)5;1-3-2;;;;;;;1-3-2/h4H,2-3H2,1H3;3H,2H2,1H3;2-3H,1H3;1H,2H3;;;;;;;3H/q;;;;6*+1;. The van der Waals surface area contributed by atoms with E-state index >= 15 is 0 Å². The molecule has 0 spiro atoms. The Hall–Kier alpha value is 5.66. The molecule has 0 aromatic carbocycles. The van der Waals surface area contributed by atoms with E-state index < -0.39 is 54.2 Å². The Kier molecular flexibility index (Phi) is 121. The van der Waals surface area contributed by atoms with Crippen molar-refractivity contribution in [2.24, 2.45) is 5.92 Å². The van der Waals surface area contributed by atoms with Crippen LogP contribution in [0.25, 0.3) is 0 Å². The van der Waals surface area contributed by atoms with Crippen molar-refractivity contribution in [2.45, 2.75) is 39.5 Å². The Balaban J connectivity index is -0.0000000259. The molecular formula is C13H24Na6O12P6+6. The molecule has 0 aliphatic heterocycles. The normalized spacial score (nSPS) is 11.3. The minimum atomic E-state index is -2.80. The summed E-state index contributed by atoms with van der Waals surface area (Å²) in [5.74, 6) is 3.09. The van der Waals surface area contributed by atoms with Gasteiger partial charge >= 0.3 is 223 Å². The van der Waals surface area contributed by atoms with Gasteiger partial charge in [-0.05, 0) is 19.9 Å². The van der Waals surface area contributed by atoms with Crippen molar-refractivity contribution in [3.05, 3.63) is 11.9 Å². The maximum Gasteiger partial charge on any atom is 1.00 e. The molecule has 6 unspecified atom stereocenters. The summed E-state index contributed by atoms with van der Waals surface area (Å²) < 4.78 is 58.1. The first-order chi connectivity index (χ1) is 14.2. The first kappa shape index (κ1) is 73.9. The third kappa shape index (κ3) is 92.2. The molecule has 37 heavy (non-hydrogen) atoms. The van der Waals surface area contributed by atoms with Crippen LogP contribution in [0.2, 0.25) is 0 Å². The summed E-state index contributed by atoms with van der Waals surface area (Å²) in [7, 11) is -14.2. The second-order valence-electron chi connectivity index (χ2n) is 4.74. The van der Waals surface area contributed by atoms with Crippen molar-refractivity contribution >= 4 is 48.8 Å². The van der Waals surface area contributed by atoms with Crippen LogP contribution in [0.4, 0.5) is 0 Å². The van der Waals surface area contributed by atoms with Crippen LogP contribution in [-0.4, -0.2) is 17.7 Å². The SMILES string of the molecule is C#CC.CC(C[P+](=O)[O-])C[P+](=O)[O-].CC=C[P+](=O)[O-].CCC([P+](=O)[O-])[P+](=O)[O-].O=[PH+][O-].[Na+].[Na+].[Na+].[Na+].[Na+].[Na+]. The van der Waals surface area contributed by atoms with Gasteiger partial charge in [-0.25, -0.2) is 0 Å². The fourth-order valence-electron chi connectivity index (χ4n) is 1.06. The van der Waals surface area contributed by atoms with Gasteiger partial charge in [-0.1, -0.05) is 41.2 Å². The predicted molar refractivity (Wildman–Crippen MR) is 109 cm³/mol. The van der Waals surface area contributed by atoms with E-state index in [4.69, 9.17) is 9.46 Å². The van der Waals surface area contributed by atoms with Crippen LogP contribution in [0.5, 0.6) is 0 Å². The third-order valence-corrected chi connectivity index (χ3v) is 7.26. The van der Waals surface area contributed by atoms with Crippen LogP contribution >= 0.6 is 48.8 Å². The quantitative estimate of drug-likeness (QED) is 0.131. The summed E-state index contributed by atoms with van der Waals surface area (Å²) in [6.07, 6.45) is 6.13. The average Bonchev–Trinajstić information content (AvgIpc) is 2.55. The van der Waals surface area contributed by atoms with Gasteiger partial charge in [0.1, 0.15) is 18.1 Å². The van der Waals surface area contributed by atoms with E-state index in [0.29, 0.717) is 0 Å². The molecule has 0 amide bonds. The van der Waals surface area contributed by atoms with Gasteiger partial charge < -0.3 is 29.4 Å². The molecular weight excluding hydrogens is 672 g/mol. The van der Waals surface area contributed by atoms with Crippen molar-refractivity contribution in [3.63, 3.8) is 0 Å². The minimum absolute atomic E-state index is 0. The fourth-order valence-corrected chi connectivity index (χ4v) is 4.00. The second kappa shape index (κ2) is 60.8. The maximum atomic E-state index is 10.0. The van der Waals surface area contributed by atoms with Crippen LogP contribution in [-0.2, 0) is 27.4 Å². The van der Waals surface area contributed by atoms with E-state index in [1.807, 2.05) is 0 Å². The van der Waals surface area contributed by atoms with E-state index in [2.05, 4.69) is 12.3 Å². The zero-order valence-electron chi connectivity index (χ0n) is 23.1. The molecule has 0 saturated heterocycles. The first-order valence-electron chi connectivity index (χ1n) is 7.85. The summed E-state index contributed by atoms with van der Waals surface area (Å²) in [4.78, 5) is 58.1. The second-order valence-corrected chi connectivity index (χ2v) is 10.6. The van der Waals surface area contributed by atoms with Crippen molar-refractivity contribution in [1.29, 1.82) is 0 Å². The van der Waals surface area contributed by atoms with E-state index in [1.54, 1.807) is 20.8 Å². The summed E-state index contributed by atoms with van der Waals surface area (Å²) in [5, 5.41) is -1.17. The van der Waals surface area contributed by atoms with Gasteiger partial charge in [0, 0.05) is 12.3 Å². The van der Waals surface area contributed by atoms with E-state index in [0.717, 1.165) is 5.82 Å². The molecule has 0 aliphatic rings. The Bertz CT molecular complexity index is 612. The van der Waals surface area contributed by atoms with E-state index in [1.165, 1.54) is 13.0 Å². The molecule has 0 aromatic heterocycles. The largest absolute Gasteiger partial charge is 1.00 e. The fraction of sp³-hybridized carbons (Fsp3) is 0.692. The zero-order chi connectivity index (χ0) is 26.0. The van der Waals surface area contributed by atoms with Gasteiger partial charge in [-0.15, -0.1) is 12.3 Å². The topological polar surface area (TPSA) is 241 Å². The van der Waals surface area contributed by atoms with E-state index in [9.17, 15) is 47.3 Å². The number of hydrogen-bond donors (Lipinski definition) is 0. The molecule has 178 valence electrons. The maximum absolute atomic E-state index is 10.0. The van der Waals surface area contributed by atoms with Gasteiger partial charge in [-0.3, -0.25) is 0 Å². The van der Waals surface area contributed by atoms with Gasteiger partial charge in [0.2, 0.25) is 0 Å². The van der Waals surface area contributed by atoms with Crippen LogP contribution in [0.3, 0.4) is 0 Å². The Labute approximate surface area is 358 Å². The number of rotatable bonds is 8. The number of terminal acetylenes is 1. The van der Waals surface area contributed by atoms with Crippen molar-refractivity contribution in [1.82, 2.24) is 0 Å². The molecule has 24 heteroatoms.